The fourth-order valence-corrected chi connectivity index (χ4v) is 4.98. The van der Waals surface area contributed by atoms with Gasteiger partial charge in [-0.1, -0.05) is 78.9 Å². The summed E-state index contributed by atoms with van der Waals surface area (Å²) >= 11 is 1.98. The van der Waals surface area contributed by atoms with Crippen LogP contribution in [0.25, 0.3) is 45.3 Å². The summed E-state index contributed by atoms with van der Waals surface area (Å²) in [5, 5.41) is 9.50. The van der Waals surface area contributed by atoms with E-state index in [2.05, 4.69) is 30.3 Å². The first-order valence-corrected chi connectivity index (χ1v) is 12.1. The molecule has 0 radical (unpaired) electrons. The quantitative estimate of drug-likeness (QED) is 0.125. The highest BCUT2D eigenvalue weighted by atomic mass is 127. The van der Waals surface area contributed by atoms with E-state index >= 15 is 0 Å². The van der Waals surface area contributed by atoms with E-state index < -0.39 is 0 Å². The van der Waals surface area contributed by atoms with Crippen molar-refractivity contribution in [3.05, 3.63) is 117 Å². The van der Waals surface area contributed by atoms with Gasteiger partial charge in [0, 0.05) is 34.4 Å². The molecule has 0 aliphatic heterocycles. The number of furan rings is 2. The molecule has 2 aromatic heterocycles. The van der Waals surface area contributed by atoms with Gasteiger partial charge in [-0.05, 0) is 45.4 Å². The number of carbonyl (C=O) groups is 1. The highest BCUT2D eigenvalue weighted by Crippen LogP contribution is 2.42. The van der Waals surface area contributed by atoms with Crippen LogP contribution in [0.5, 0.6) is 0 Å². The molecule has 1 aliphatic carbocycles. The molecule has 0 bridgehead atoms. The van der Waals surface area contributed by atoms with E-state index in [1.165, 1.54) is 0 Å². The lowest BCUT2D eigenvalue weighted by Gasteiger charge is -2.02. The SMILES string of the molecule is N#CC(I)=C1/C(=C/c2cc3oc(-c4ccc(-c5ccccc5)cc4)cc3o2)C(=O)c2ccccc21. The Morgan fingerprint density at radius 1 is 0.771 bits per heavy atom. The molecule has 4 nitrogen and oxygen atoms in total. The Balaban J connectivity index is 1.34. The number of Topliss-reactive ketones (excluding diaryl/α,β-unsaturated/α-hetero) is 1. The van der Waals surface area contributed by atoms with Crippen molar-refractivity contribution >= 4 is 51.2 Å². The van der Waals surface area contributed by atoms with Crippen molar-refractivity contribution in [2.24, 2.45) is 0 Å². The standard InChI is InChI=1S/C30H16INO3/c31-25(17-32)29-22-8-4-5-9-23(22)30(33)24(29)14-21-15-27-28(34-21)16-26(35-27)20-12-10-19(11-13-20)18-6-2-1-3-7-18/h1-16H/b24-14-,29-25?. The number of hydrogen-bond donors (Lipinski definition) is 0. The van der Waals surface area contributed by atoms with E-state index in [1.807, 2.05) is 77.2 Å². The highest BCUT2D eigenvalue weighted by molar-refractivity contribution is 14.1. The van der Waals surface area contributed by atoms with Crippen molar-refractivity contribution in [1.29, 1.82) is 5.26 Å². The summed E-state index contributed by atoms with van der Waals surface area (Å²) in [4.78, 5) is 13.1. The van der Waals surface area contributed by atoms with E-state index in [1.54, 1.807) is 18.2 Å². The van der Waals surface area contributed by atoms with Gasteiger partial charge in [0.25, 0.3) is 0 Å². The number of benzene rings is 3. The van der Waals surface area contributed by atoms with Gasteiger partial charge in [0.15, 0.2) is 16.9 Å². The number of ketones is 1. The Bertz CT molecular complexity index is 1680. The first-order valence-electron chi connectivity index (χ1n) is 11.0. The zero-order valence-electron chi connectivity index (χ0n) is 18.3. The van der Waals surface area contributed by atoms with Crippen LogP contribution < -0.4 is 0 Å². The molecule has 0 amide bonds. The average molecular weight is 565 g/mol. The molecule has 0 spiro atoms. The molecule has 3 aromatic carbocycles. The number of halogens is 1. The molecular formula is C30H16INO3. The van der Waals surface area contributed by atoms with Gasteiger partial charge in [-0.2, -0.15) is 5.26 Å². The van der Waals surface area contributed by atoms with Crippen LogP contribution >= 0.6 is 22.6 Å². The molecule has 0 fully saturated rings. The number of rotatable bonds is 3. The molecule has 5 aromatic rings. The van der Waals surface area contributed by atoms with Gasteiger partial charge in [0.05, 0.1) is 3.58 Å². The van der Waals surface area contributed by atoms with Gasteiger partial charge in [0.2, 0.25) is 0 Å². The van der Waals surface area contributed by atoms with Crippen LogP contribution in [0.3, 0.4) is 0 Å². The van der Waals surface area contributed by atoms with Crippen molar-refractivity contribution in [1.82, 2.24) is 0 Å². The Morgan fingerprint density at radius 3 is 2.11 bits per heavy atom. The molecule has 1 aliphatic rings. The van der Waals surface area contributed by atoms with E-state index in [9.17, 15) is 10.1 Å². The third kappa shape index (κ3) is 3.72. The predicted molar refractivity (Wildman–Crippen MR) is 145 cm³/mol. The molecule has 2 heterocycles. The molecule has 6 rings (SSSR count). The fourth-order valence-electron chi connectivity index (χ4n) is 4.40. The molecule has 0 saturated heterocycles. The normalized spacial score (nSPS) is 15.4. The summed E-state index contributed by atoms with van der Waals surface area (Å²) in [5.74, 6) is 1.09. The molecule has 35 heavy (non-hydrogen) atoms. The maximum atomic E-state index is 13.1. The first-order chi connectivity index (χ1) is 17.1. The highest BCUT2D eigenvalue weighted by Gasteiger charge is 2.32. The third-order valence-electron chi connectivity index (χ3n) is 6.06. The van der Waals surface area contributed by atoms with Crippen molar-refractivity contribution in [3.8, 4) is 28.5 Å². The molecule has 0 atom stereocenters. The Kier molecular flexibility index (Phi) is 5.24. The molecule has 5 heteroatoms. The summed E-state index contributed by atoms with van der Waals surface area (Å²) < 4.78 is 12.5. The average Bonchev–Trinajstić information content (AvgIpc) is 3.55. The van der Waals surface area contributed by atoms with E-state index in [4.69, 9.17) is 8.83 Å². The fraction of sp³-hybridized carbons (Fsp3) is 0. The molecule has 166 valence electrons. The number of hydrogen-bond acceptors (Lipinski definition) is 4. The van der Waals surface area contributed by atoms with Crippen molar-refractivity contribution in [3.63, 3.8) is 0 Å². The lowest BCUT2D eigenvalue weighted by atomic mass is 10.0. The largest absolute Gasteiger partial charge is 0.453 e. The first kappa shape index (κ1) is 21.4. The van der Waals surface area contributed by atoms with Gasteiger partial charge >= 0.3 is 0 Å². The summed E-state index contributed by atoms with van der Waals surface area (Å²) in [6.45, 7) is 0. The van der Waals surface area contributed by atoms with Crippen molar-refractivity contribution < 1.29 is 13.6 Å². The van der Waals surface area contributed by atoms with Crippen LogP contribution in [-0.4, -0.2) is 5.78 Å². The van der Waals surface area contributed by atoms with Crippen molar-refractivity contribution in [2.75, 3.05) is 0 Å². The Morgan fingerprint density at radius 2 is 1.40 bits per heavy atom. The maximum Gasteiger partial charge on any atom is 0.194 e. The van der Waals surface area contributed by atoms with Crippen LogP contribution in [-0.2, 0) is 0 Å². The lowest BCUT2D eigenvalue weighted by Crippen LogP contribution is -1.94. The minimum Gasteiger partial charge on any atom is -0.453 e. The number of carbonyl (C=O) groups excluding carboxylic acids is 1. The van der Waals surface area contributed by atoms with Crippen LogP contribution in [0, 0.1) is 11.3 Å². The second-order valence-corrected chi connectivity index (χ2v) is 9.24. The number of fused-ring (bicyclic) bond motifs is 2. The van der Waals surface area contributed by atoms with Gasteiger partial charge in [0.1, 0.15) is 17.6 Å². The zero-order chi connectivity index (χ0) is 23.9. The monoisotopic (exact) mass is 565 g/mol. The smallest absolute Gasteiger partial charge is 0.194 e. The van der Waals surface area contributed by atoms with Crippen LogP contribution in [0.1, 0.15) is 21.7 Å². The van der Waals surface area contributed by atoms with Crippen LogP contribution in [0.4, 0.5) is 0 Å². The Labute approximate surface area is 214 Å². The van der Waals surface area contributed by atoms with Crippen LogP contribution in [0.2, 0.25) is 0 Å². The minimum absolute atomic E-state index is 0.118. The lowest BCUT2D eigenvalue weighted by molar-refractivity contribution is 0.104. The van der Waals surface area contributed by atoms with E-state index in [0.29, 0.717) is 43.0 Å². The van der Waals surface area contributed by atoms with Gasteiger partial charge in [-0.25, -0.2) is 0 Å². The molecule has 0 N–H and O–H groups in total. The Hall–Kier alpha value is -4.15. The summed E-state index contributed by atoms with van der Waals surface area (Å²) in [5.41, 5.74) is 6.90. The maximum absolute atomic E-state index is 13.1. The van der Waals surface area contributed by atoms with Crippen molar-refractivity contribution in [2.45, 2.75) is 0 Å². The van der Waals surface area contributed by atoms with Crippen LogP contribution in [0.15, 0.2) is 109 Å². The third-order valence-corrected chi connectivity index (χ3v) is 6.84. The van der Waals surface area contributed by atoms with E-state index in [0.717, 1.165) is 22.3 Å². The molecule has 0 saturated carbocycles. The summed E-state index contributed by atoms with van der Waals surface area (Å²) in [6.07, 6.45) is 1.69. The van der Waals surface area contributed by atoms with Gasteiger partial charge < -0.3 is 8.83 Å². The number of nitriles is 1. The number of allylic oxidation sites excluding steroid dienone is 3. The van der Waals surface area contributed by atoms with Gasteiger partial charge in [-0.15, -0.1) is 0 Å². The second-order valence-electron chi connectivity index (χ2n) is 8.16. The summed E-state index contributed by atoms with van der Waals surface area (Å²) in [7, 11) is 0. The predicted octanol–water partition coefficient (Wildman–Crippen LogP) is 8.31. The number of nitrogens with zero attached hydrogens (tertiary/aromatic N) is 1. The molecular weight excluding hydrogens is 549 g/mol. The molecule has 0 unspecified atom stereocenters. The van der Waals surface area contributed by atoms with Gasteiger partial charge in [-0.3, -0.25) is 4.79 Å². The van der Waals surface area contributed by atoms with E-state index in [-0.39, 0.29) is 5.78 Å². The minimum atomic E-state index is -0.118. The summed E-state index contributed by atoms with van der Waals surface area (Å²) in [6, 6.07) is 31.5. The topological polar surface area (TPSA) is 67.1 Å². The second kappa shape index (κ2) is 8.57. The zero-order valence-corrected chi connectivity index (χ0v) is 20.4.